The van der Waals surface area contributed by atoms with Crippen molar-refractivity contribution in [3.8, 4) is 5.75 Å². The molecule has 0 spiro atoms. The van der Waals surface area contributed by atoms with Gasteiger partial charge in [-0.1, -0.05) is 58.7 Å². The molecule has 2 nitrogen and oxygen atoms in total. The molecule has 0 saturated heterocycles. The van der Waals surface area contributed by atoms with Gasteiger partial charge in [-0.2, -0.15) is 0 Å². The molecule has 4 heteroatoms. The van der Waals surface area contributed by atoms with Crippen molar-refractivity contribution in [3.63, 3.8) is 0 Å². The van der Waals surface area contributed by atoms with Crippen LogP contribution in [0.15, 0.2) is 46.9 Å². The summed E-state index contributed by atoms with van der Waals surface area (Å²) in [5.74, 6) is 0.877. The van der Waals surface area contributed by atoms with Gasteiger partial charge in [-0.05, 0) is 36.7 Å². The Morgan fingerprint density at radius 2 is 2.00 bits per heavy atom. The van der Waals surface area contributed by atoms with E-state index in [0.29, 0.717) is 0 Å². The van der Waals surface area contributed by atoms with E-state index in [0.717, 1.165) is 39.3 Å². The van der Waals surface area contributed by atoms with Crippen LogP contribution in [0.3, 0.4) is 0 Å². The van der Waals surface area contributed by atoms with Crippen molar-refractivity contribution in [2.75, 3.05) is 13.7 Å². The molecule has 0 aliphatic rings. The van der Waals surface area contributed by atoms with Crippen molar-refractivity contribution >= 4 is 27.5 Å². The van der Waals surface area contributed by atoms with Gasteiger partial charge in [0.2, 0.25) is 0 Å². The van der Waals surface area contributed by atoms with E-state index in [1.807, 2.05) is 30.3 Å². The van der Waals surface area contributed by atoms with Crippen LogP contribution < -0.4 is 10.1 Å². The highest BCUT2D eigenvalue weighted by atomic mass is 79.9. The summed E-state index contributed by atoms with van der Waals surface area (Å²) in [6, 6.07) is 14.3. The predicted molar refractivity (Wildman–Crippen MR) is 92.3 cm³/mol. The molecule has 0 aromatic heterocycles. The second kappa shape index (κ2) is 7.83. The molecular weight excluding hydrogens is 350 g/mol. The van der Waals surface area contributed by atoms with Crippen molar-refractivity contribution in [2.24, 2.45) is 0 Å². The maximum absolute atomic E-state index is 6.29. The Morgan fingerprint density at radius 1 is 1.24 bits per heavy atom. The Morgan fingerprint density at radius 3 is 2.67 bits per heavy atom. The second-order valence-electron chi connectivity index (χ2n) is 4.79. The first-order valence-electron chi connectivity index (χ1n) is 6.96. The quantitative estimate of drug-likeness (QED) is 0.774. The van der Waals surface area contributed by atoms with Crippen LogP contribution in [0.1, 0.15) is 24.1 Å². The molecule has 2 rings (SSSR count). The summed E-state index contributed by atoms with van der Waals surface area (Å²) >= 11 is 9.77. The molecule has 0 saturated carbocycles. The Bertz CT molecular complexity index is 603. The maximum Gasteiger partial charge on any atom is 0.124 e. The number of nitrogens with one attached hydrogen (secondary N) is 1. The van der Waals surface area contributed by atoms with Crippen molar-refractivity contribution < 1.29 is 4.74 Å². The normalized spacial score (nSPS) is 12.2. The van der Waals surface area contributed by atoms with Gasteiger partial charge in [-0.3, -0.25) is 0 Å². The topological polar surface area (TPSA) is 21.3 Å². The fourth-order valence-electron chi connectivity index (χ4n) is 2.40. The first-order valence-corrected chi connectivity index (χ1v) is 8.13. The fourth-order valence-corrected chi connectivity index (χ4v) is 2.95. The Labute approximate surface area is 139 Å². The lowest BCUT2D eigenvalue weighted by molar-refractivity contribution is 0.399. The molecule has 0 fully saturated rings. The summed E-state index contributed by atoms with van der Waals surface area (Å²) in [5.41, 5.74) is 2.28. The molecular formula is C17H19BrClNO. The zero-order valence-corrected chi connectivity index (χ0v) is 14.5. The lowest BCUT2D eigenvalue weighted by Crippen LogP contribution is -2.23. The second-order valence-corrected chi connectivity index (χ2v) is 6.11. The molecule has 112 valence electrons. The zero-order valence-electron chi connectivity index (χ0n) is 12.2. The van der Waals surface area contributed by atoms with Crippen molar-refractivity contribution in [3.05, 3.63) is 63.1 Å². The average Bonchev–Trinajstić information content (AvgIpc) is 2.49. The lowest BCUT2D eigenvalue weighted by Gasteiger charge is -2.21. The van der Waals surface area contributed by atoms with Gasteiger partial charge in [0.15, 0.2) is 0 Å². The lowest BCUT2D eigenvalue weighted by atomic mass is 9.98. The molecule has 0 amide bonds. The Kier molecular flexibility index (Phi) is 6.09. The largest absolute Gasteiger partial charge is 0.496 e. The van der Waals surface area contributed by atoms with Crippen LogP contribution in [0.2, 0.25) is 5.02 Å². The number of benzene rings is 2. The molecule has 0 radical (unpaired) electrons. The monoisotopic (exact) mass is 367 g/mol. The zero-order chi connectivity index (χ0) is 15.2. The highest BCUT2D eigenvalue weighted by Crippen LogP contribution is 2.31. The van der Waals surface area contributed by atoms with Crippen LogP contribution in [0.25, 0.3) is 0 Å². The first kappa shape index (κ1) is 16.3. The van der Waals surface area contributed by atoms with Crippen LogP contribution in [0, 0.1) is 0 Å². The Hall–Kier alpha value is -1.03. The van der Waals surface area contributed by atoms with Gasteiger partial charge in [0.1, 0.15) is 5.75 Å². The molecule has 0 heterocycles. The van der Waals surface area contributed by atoms with E-state index >= 15 is 0 Å². The minimum Gasteiger partial charge on any atom is -0.496 e. The summed E-state index contributed by atoms with van der Waals surface area (Å²) in [4.78, 5) is 0. The number of ether oxygens (including phenoxy) is 1. The highest BCUT2D eigenvalue weighted by molar-refractivity contribution is 9.10. The molecule has 21 heavy (non-hydrogen) atoms. The fraction of sp³-hybridized carbons (Fsp3) is 0.294. The number of halogens is 2. The van der Waals surface area contributed by atoms with Crippen molar-refractivity contribution in [2.45, 2.75) is 19.4 Å². The summed E-state index contributed by atoms with van der Waals surface area (Å²) in [5, 5.41) is 4.32. The molecule has 1 N–H and O–H groups in total. The van der Waals surface area contributed by atoms with Gasteiger partial charge in [0.05, 0.1) is 7.11 Å². The van der Waals surface area contributed by atoms with Crippen LogP contribution >= 0.6 is 27.5 Å². The van der Waals surface area contributed by atoms with E-state index in [1.54, 1.807) is 7.11 Å². The number of hydrogen-bond acceptors (Lipinski definition) is 2. The smallest absolute Gasteiger partial charge is 0.124 e. The number of likely N-dealkylation sites (N-methyl/N-ethyl adjacent to an activating group) is 1. The molecule has 2 aromatic carbocycles. The third kappa shape index (κ3) is 4.22. The number of rotatable bonds is 6. The first-order chi connectivity index (χ1) is 10.2. The van der Waals surface area contributed by atoms with Crippen molar-refractivity contribution in [1.82, 2.24) is 5.32 Å². The highest BCUT2D eigenvalue weighted by Gasteiger charge is 2.17. The van der Waals surface area contributed by atoms with Crippen molar-refractivity contribution in [1.29, 1.82) is 0 Å². The Balaban J connectivity index is 2.33. The van der Waals surface area contributed by atoms with E-state index in [2.05, 4.69) is 40.3 Å². The molecule has 0 bridgehead atoms. The standard InChI is InChI=1S/C17H19BrClNO/c1-3-20-16(10-12-6-4-5-7-15(12)19)14-9-8-13(18)11-17(14)21-2/h4-9,11,16,20H,3,10H2,1-2H3. The van der Waals surface area contributed by atoms with Gasteiger partial charge < -0.3 is 10.1 Å². The number of methoxy groups -OCH3 is 1. The summed E-state index contributed by atoms with van der Waals surface area (Å²) in [6.45, 7) is 2.99. The minimum absolute atomic E-state index is 0.165. The van der Waals surface area contributed by atoms with Crippen LogP contribution in [-0.4, -0.2) is 13.7 Å². The van der Waals surface area contributed by atoms with Gasteiger partial charge in [0.25, 0.3) is 0 Å². The predicted octanol–water partition coefficient (Wildman–Crippen LogP) is 5.00. The summed E-state index contributed by atoms with van der Waals surface area (Å²) in [7, 11) is 1.70. The maximum atomic E-state index is 6.29. The molecule has 0 aliphatic heterocycles. The summed E-state index contributed by atoms with van der Waals surface area (Å²) < 4.78 is 6.53. The average molecular weight is 369 g/mol. The third-order valence-corrected chi connectivity index (χ3v) is 4.27. The van der Waals surface area contributed by atoms with E-state index in [4.69, 9.17) is 16.3 Å². The van der Waals surface area contributed by atoms with Gasteiger partial charge in [-0.15, -0.1) is 0 Å². The minimum atomic E-state index is 0.165. The van der Waals surface area contributed by atoms with Gasteiger partial charge in [0, 0.05) is 21.1 Å². The SMILES string of the molecule is CCNC(Cc1ccccc1Cl)c1ccc(Br)cc1OC. The molecule has 1 atom stereocenters. The van der Waals surface area contributed by atoms with Gasteiger partial charge in [-0.25, -0.2) is 0 Å². The van der Waals surface area contributed by atoms with Gasteiger partial charge >= 0.3 is 0 Å². The number of hydrogen-bond donors (Lipinski definition) is 1. The van der Waals surface area contributed by atoms with E-state index < -0.39 is 0 Å². The molecule has 2 aromatic rings. The molecule has 0 aliphatic carbocycles. The van der Waals surface area contributed by atoms with E-state index in [-0.39, 0.29) is 6.04 Å². The van der Waals surface area contributed by atoms with Crippen LogP contribution in [0.4, 0.5) is 0 Å². The van der Waals surface area contributed by atoms with E-state index in [1.165, 1.54) is 0 Å². The summed E-state index contributed by atoms with van der Waals surface area (Å²) in [6.07, 6.45) is 0.825. The third-order valence-electron chi connectivity index (χ3n) is 3.40. The van der Waals surface area contributed by atoms with Crippen LogP contribution in [0.5, 0.6) is 5.75 Å². The van der Waals surface area contributed by atoms with E-state index in [9.17, 15) is 0 Å². The molecule has 1 unspecified atom stereocenters. The van der Waals surface area contributed by atoms with Crippen LogP contribution in [-0.2, 0) is 6.42 Å².